The molecule has 1 aromatic carbocycles. The number of Topliss-reactive ketones (excluding diaryl/α,β-unsaturated/α-hetero) is 2. The predicted octanol–water partition coefficient (Wildman–Crippen LogP) is 4.14. The van der Waals surface area contributed by atoms with Gasteiger partial charge in [0.2, 0.25) is 5.91 Å². The number of fused-ring (bicyclic) bond motifs is 3. The summed E-state index contributed by atoms with van der Waals surface area (Å²) in [6, 6.07) is 7.99. The number of para-hydroxylation sites is 1. The van der Waals surface area contributed by atoms with Crippen molar-refractivity contribution in [3.05, 3.63) is 48.2 Å². The maximum atomic E-state index is 14.1. The van der Waals surface area contributed by atoms with Crippen molar-refractivity contribution in [1.82, 2.24) is 10.3 Å². The number of carbonyl (C=O) groups excluding carboxylic acids is 3. The first-order valence-electron chi connectivity index (χ1n) is 13.0. The van der Waals surface area contributed by atoms with E-state index < -0.39 is 5.41 Å². The molecule has 6 rings (SSSR count). The molecule has 1 aromatic heterocycles. The molecule has 3 heterocycles. The lowest BCUT2D eigenvalue weighted by Gasteiger charge is -2.46. The molecule has 35 heavy (non-hydrogen) atoms. The summed E-state index contributed by atoms with van der Waals surface area (Å²) >= 11 is 0. The van der Waals surface area contributed by atoms with Crippen LogP contribution in [0.2, 0.25) is 0 Å². The number of benzene rings is 1. The topological polar surface area (TPSA) is 91.6 Å². The SMILES string of the molecule is C[C@H]1C/C=C/[C@H]2[C@@H]3O[C@]3(C)[C@@H](C)[C@H]3[C@H](Cc4c[nH]c5ccccc45)NC(=O)[C@@]32C(=O)CCC(=O)C1. The van der Waals surface area contributed by atoms with Gasteiger partial charge in [-0.25, -0.2) is 0 Å². The van der Waals surface area contributed by atoms with Crippen molar-refractivity contribution in [3.8, 4) is 0 Å². The van der Waals surface area contributed by atoms with E-state index in [1.54, 1.807) is 0 Å². The highest BCUT2D eigenvalue weighted by Gasteiger charge is 2.78. The maximum absolute atomic E-state index is 14.1. The van der Waals surface area contributed by atoms with Gasteiger partial charge in [0, 0.05) is 54.2 Å². The van der Waals surface area contributed by atoms with Crippen molar-refractivity contribution in [2.45, 2.75) is 70.6 Å². The van der Waals surface area contributed by atoms with Crippen LogP contribution in [0.4, 0.5) is 0 Å². The van der Waals surface area contributed by atoms with E-state index in [-0.39, 0.29) is 71.7 Å². The average Bonchev–Trinajstić information content (AvgIpc) is 3.23. The van der Waals surface area contributed by atoms with Crippen LogP contribution in [0.15, 0.2) is 42.6 Å². The van der Waals surface area contributed by atoms with Crippen LogP contribution in [-0.4, -0.2) is 40.2 Å². The van der Waals surface area contributed by atoms with Gasteiger partial charge < -0.3 is 15.0 Å². The van der Waals surface area contributed by atoms with E-state index in [2.05, 4.69) is 49.3 Å². The molecule has 2 aliphatic carbocycles. The van der Waals surface area contributed by atoms with Gasteiger partial charge in [-0.3, -0.25) is 14.4 Å². The number of epoxide rings is 1. The number of amides is 1. The number of ether oxygens (including phenoxy) is 1. The van der Waals surface area contributed by atoms with E-state index >= 15 is 0 Å². The summed E-state index contributed by atoms with van der Waals surface area (Å²) in [4.78, 5) is 44.0. The Morgan fingerprint density at radius 1 is 1.11 bits per heavy atom. The van der Waals surface area contributed by atoms with Gasteiger partial charge in [-0.05, 0) is 43.2 Å². The van der Waals surface area contributed by atoms with Crippen LogP contribution < -0.4 is 5.32 Å². The number of allylic oxidation sites excluding steroid dienone is 1. The molecule has 6 nitrogen and oxygen atoms in total. The second-order valence-corrected chi connectivity index (χ2v) is 11.5. The molecular weight excluding hydrogens is 440 g/mol. The Kier molecular flexibility index (Phi) is 5.12. The van der Waals surface area contributed by atoms with Gasteiger partial charge >= 0.3 is 0 Å². The smallest absolute Gasteiger partial charge is 0.235 e. The monoisotopic (exact) mass is 474 g/mol. The van der Waals surface area contributed by atoms with Crippen molar-refractivity contribution >= 4 is 28.4 Å². The summed E-state index contributed by atoms with van der Waals surface area (Å²) in [6.45, 7) is 6.34. The number of hydrogen-bond acceptors (Lipinski definition) is 4. The van der Waals surface area contributed by atoms with E-state index in [9.17, 15) is 14.4 Å². The molecule has 1 saturated carbocycles. The van der Waals surface area contributed by atoms with Gasteiger partial charge in [0.25, 0.3) is 0 Å². The number of aromatic nitrogens is 1. The van der Waals surface area contributed by atoms with E-state index in [1.165, 1.54) is 0 Å². The van der Waals surface area contributed by atoms with Crippen LogP contribution in [0.3, 0.4) is 0 Å². The highest BCUT2D eigenvalue weighted by molar-refractivity contribution is 6.10. The van der Waals surface area contributed by atoms with Gasteiger partial charge in [-0.1, -0.05) is 44.2 Å². The van der Waals surface area contributed by atoms with Crippen LogP contribution in [0, 0.1) is 29.1 Å². The van der Waals surface area contributed by atoms with Crippen molar-refractivity contribution in [2.24, 2.45) is 29.1 Å². The Hall–Kier alpha value is -2.73. The van der Waals surface area contributed by atoms with Crippen LogP contribution in [0.5, 0.6) is 0 Å². The Balaban J connectivity index is 1.45. The summed E-state index contributed by atoms with van der Waals surface area (Å²) in [6.07, 6.45) is 8.23. The molecular formula is C29H34N2O4. The molecule has 1 spiro atoms. The number of nitrogens with one attached hydrogen (secondary N) is 2. The number of H-pyrrole nitrogens is 1. The van der Waals surface area contributed by atoms with Crippen molar-refractivity contribution in [2.75, 3.05) is 0 Å². The highest BCUT2D eigenvalue weighted by atomic mass is 16.6. The Morgan fingerprint density at radius 3 is 2.74 bits per heavy atom. The molecule has 4 aliphatic rings. The molecule has 8 atom stereocenters. The second-order valence-electron chi connectivity index (χ2n) is 11.5. The molecule has 0 bridgehead atoms. The average molecular weight is 475 g/mol. The largest absolute Gasteiger partial charge is 0.365 e. The minimum atomic E-state index is -1.19. The number of aromatic amines is 1. The minimum absolute atomic E-state index is 0.0232. The second kappa shape index (κ2) is 7.89. The van der Waals surface area contributed by atoms with Crippen LogP contribution in [-0.2, 0) is 25.5 Å². The van der Waals surface area contributed by atoms with Gasteiger partial charge in [0.15, 0.2) is 0 Å². The first-order chi connectivity index (χ1) is 16.8. The van der Waals surface area contributed by atoms with Gasteiger partial charge in [0.05, 0.1) is 11.7 Å². The lowest BCUT2D eigenvalue weighted by Crippen LogP contribution is -2.58. The van der Waals surface area contributed by atoms with Gasteiger partial charge in [-0.15, -0.1) is 0 Å². The third-order valence-electron chi connectivity index (χ3n) is 9.50. The third kappa shape index (κ3) is 3.22. The summed E-state index contributed by atoms with van der Waals surface area (Å²) in [5.41, 5.74) is 0.659. The molecule has 184 valence electrons. The number of carbonyl (C=O) groups is 3. The summed E-state index contributed by atoms with van der Waals surface area (Å²) < 4.78 is 6.32. The summed E-state index contributed by atoms with van der Waals surface area (Å²) in [5, 5.41) is 4.42. The zero-order valence-electron chi connectivity index (χ0n) is 20.7. The standard InChI is InChI=1S/C29H34N2O4/c1-16-7-6-9-21-26-28(3,35-26)17(2)25-23(14-18-15-30-22-10-5-4-8-20(18)22)31-27(34)29(21,25)24(33)12-11-19(32)13-16/h4-6,8-10,15-17,21,23,25-26,30H,7,11-14H2,1-3H3,(H,31,34)/b9-6+/t16-,17-,21-,23-,25-,26-,28+,29-/m0/s1. The molecule has 2 aromatic rings. The number of hydrogen-bond donors (Lipinski definition) is 2. The molecule has 2 aliphatic heterocycles. The van der Waals surface area contributed by atoms with Crippen LogP contribution >= 0.6 is 0 Å². The predicted molar refractivity (Wildman–Crippen MR) is 133 cm³/mol. The van der Waals surface area contributed by atoms with Gasteiger partial charge in [-0.2, -0.15) is 0 Å². The maximum Gasteiger partial charge on any atom is 0.235 e. The zero-order valence-corrected chi connectivity index (χ0v) is 20.7. The molecule has 1 amide bonds. The molecule has 0 unspecified atom stereocenters. The van der Waals surface area contributed by atoms with Crippen LogP contribution in [0.25, 0.3) is 10.9 Å². The first-order valence-corrected chi connectivity index (χ1v) is 13.0. The third-order valence-corrected chi connectivity index (χ3v) is 9.50. The van der Waals surface area contributed by atoms with Crippen molar-refractivity contribution in [1.29, 1.82) is 0 Å². The molecule has 6 heteroatoms. The first kappa shape index (κ1) is 22.7. The van der Waals surface area contributed by atoms with E-state index in [0.717, 1.165) is 22.9 Å². The Bertz CT molecular complexity index is 1250. The summed E-state index contributed by atoms with van der Waals surface area (Å²) in [7, 11) is 0. The van der Waals surface area contributed by atoms with E-state index in [1.807, 2.05) is 24.4 Å². The highest BCUT2D eigenvalue weighted by Crippen LogP contribution is 2.66. The number of ketones is 2. The zero-order chi connectivity index (χ0) is 24.5. The summed E-state index contributed by atoms with van der Waals surface area (Å²) in [5.74, 6) is -0.442. The normalized spacial score (nSPS) is 42.0. The Morgan fingerprint density at radius 2 is 1.91 bits per heavy atom. The number of rotatable bonds is 2. The van der Waals surface area contributed by atoms with Gasteiger partial charge in [0.1, 0.15) is 17.0 Å². The fourth-order valence-corrected chi connectivity index (χ4v) is 7.55. The van der Waals surface area contributed by atoms with E-state index in [4.69, 9.17) is 4.74 Å². The minimum Gasteiger partial charge on any atom is -0.365 e. The van der Waals surface area contributed by atoms with Crippen molar-refractivity contribution in [3.63, 3.8) is 0 Å². The lowest BCUT2D eigenvalue weighted by atomic mass is 9.51. The van der Waals surface area contributed by atoms with E-state index in [0.29, 0.717) is 12.8 Å². The lowest BCUT2D eigenvalue weighted by molar-refractivity contribution is -0.149. The quantitative estimate of drug-likeness (QED) is 0.389. The fourth-order valence-electron chi connectivity index (χ4n) is 7.55. The fraction of sp³-hybridized carbons (Fsp3) is 0.552. The van der Waals surface area contributed by atoms with Crippen molar-refractivity contribution < 1.29 is 19.1 Å². The molecule has 0 radical (unpaired) electrons. The molecule has 3 fully saturated rings. The molecule has 2 saturated heterocycles. The van der Waals surface area contributed by atoms with Crippen LogP contribution in [0.1, 0.15) is 52.0 Å². The molecule has 2 N–H and O–H groups in total. The Labute approximate surface area is 205 Å².